The first-order valence-electron chi connectivity index (χ1n) is 10.3. The summed E-state index contributed by atoms with van der Waals surface area (Å²) in [5.41, 5.74) is 5.65. The third-order valence-electron chi connectivity index (χ3n) is 5.35. The Morgan fingerprint density at radius 3 is 2.70 bits per heavy atom. The van der Waals surface area contributed by atoms with Gasteiger partial charge in [0, 0.05) is 27.0 Å². The molecule has 4 rings (SSSR count). The second-order valence-electron chi connectivity index (χ2n) is 7.49. The summed E-state index contributed by atoms with van der Waals surface area (Å²) in [6.07, 6.45) is 2.14. The topological polar surface area (TPSA) is 92.9 Å². The van der Waals surface area contributed by atoms with Gasteiger partial charge in [-0.05, 0) is 66.0 Å². The first-order chi connectivity index (χ1) is 15.9. The minimum Gasteiger partial charge on any atom is -0.495 e. The molecule has 0 radical (unpaired) electrons. The molecule has 1 heterocycles. The molecule has 1 aliphatic rings. The molecule has 2 aromatic carbocycles. The van der Waals surface area contributed by atoms with Crippen LogP contribution in [0.5, 0.6) is 5.75 Å². The van der Waals surface area contributed by atoms with E-state index in [1.165, 1.54) is 7.11 Å². The van der Waals surface area contributed by atoms with Gasteiger partial charge in [-0.3, -0.25) is 9.59 Å². The van der Waals surface area contributed by atoms with Crippen molar-refractivity contribution in [3.8, 4) is 5.75 Å². The van der Waals surface area contributed by atoms with Crippen LogP contribution in [-0.2, 0) is 6.42 Å². The summed E-state index contributed by atoms with van der Waals surface area (Å²) in [6.45, 7) is 1.81. The number of nitrogens with one attached hydrogen (secondary N) is 2. The van der Waals surface area contributed by atoms with E-state index < -0.39 is 5.91 Å². The maximum absolute atomic E-state index is 13.0. The molecule has 1 aliphatic carbocycles. The minimum absolute atomic E-state index is 0.189. The van der Waals surface area contributed by atoms with Crippen LogP contribution in [0.4, 0.5) is 5.69 Å². The maximum atomic E-state index is 13.0. The number of methoxy groups -OCH3 is 1. The molecule has 0 saturated heterocycles. The molecule has 0 atom stereocenters. The highest BCUT2D eigenvalue weighted by atomic mass is 79.9. The van der Waals surface area contributed by atoms with Crippen molar-refractivity contribution in [3.05, 3.63) is 80.2 Å². The number of fused-ring (bicyclic) bond motifs is 1. The average molecular weight is 531 g/mol. The smallest absolute Gasteiger partial charge is 0.291 e. The molecule has 3 aromatic rings. The standard InChI is InChI=1S/C24H21BrClN3O4/c1-13-21-17(28-29-23(30)15-6-3-4-7-16(15)25)8-5-9-20(21)33-22(13)24(31)27-18-12-14(26)10-11-19(18)32-2/h3-4,6-7,10-12H,5,8-9H2,1-2H3,(H,27,31)(H,29,30)/b28-17+. The van der Waals surface area contributed by atoms with Gasteiger partial charge in [0.05, 0.1) is 24.1 Å². The summed E-state index contributed by atoms with van der Waals surface area (Å²) in [7, 11) is 1.51. The fraction of sp³-hybridized carbons (Fsp3) is 0.208. The van der Waals surface area contributed by atoms with E-state index in [1.807, 2.05) is 13.0 Å². The monoisotopic (exact) mass is 529 g/mol. The van der Waals surface area contributed by atoms with Gasteiger partial charge in [-0.2, -0.15) is 5.10 Å². The second-order valence-corrected chi connectivity index (χ2v) is 8.78. The third-order valence-corrected chi connectivity index (χ3v) is 6.28. The molecule has 0 unspecified atom stereocenters. The number of carbonyl (C=O) groups excluding carboxylic acids is 2. The highest BCUT2D eigenvalue weighted by Gasteiger charge is 2.28. The number of hydrogen-bond acceptors (Lipinski definition) is 5. The molecular formula is C24H21BrClN3O4. The number of ether oxygens (including phenoxy) is 1. The zero-order valence-electron chi connectivity index (χ0n) is 18.0. The van der Waals surface area contributed by atoms with Crippen molar-refractivity contribution in [2.45, 2.75) is 26.2 Å². The molecule has 0 fully saturated rings. The Balaban J connectivity index is 1.59. The highest BCUT2D eigenvalue weighted by Crippen LogP contribution is 2.32. The lowest BCUT2D eigenvalue weighted by molar-refractivity contribution is 0.0952. The van der Waals surface area contributed by atoms with Crippen LogP contribution in [0.25, 0.3) is 0 Å². The predicted octanol–water partition coefficient (Wildman–Crippen LogP) is 5.74. The molecule has 33 heavy (non-hydrogen) atoms. The van der Waals surface area contributed by atoms with E-state index in [1.54, 1.807) is 36.4 Å². The molecule has 9 heteroatoms. The van der Waals surface area contributed by atoms with Crippen LogP contribution in [0.1, 0.15) is 50.6 Å². The van der Waals surface area contributed by atoms with Crippen molar-refractivity contribution >= 4 is 50.7 Å². The van der Waals surface area contributed by atoms with Crippen LogP contribution in [-0.4, -0.2) is 24.6 Å². The van der Waals surface area contributed by atoms with Crippen molar-refractivity contribution in [2.75, 3.05) is 12.4 Å². The first-order valence-corrected chi connectivity index (χ1v) is 11.4. The van der Waals surface area contributed by atoms with Gasteiger partial charge in [0.15, 0.2) is 5.76 Å². The van der Waals surface area contributed by atoms with Gasteiger partial charge in [0.1, 0.15) is 11.5 Å². The van der Waals surface area contributed by atoms with E-state index >= 15 is 0 Å². The van der Waals surface area contributed by atoms with E-state index in [0.717, 1.165) is 12.0 Å². The largest absolute Gasteiger partial charge is 0.495 e. The lowest BCUT2D eigenvalue weighted by Crippen LogP contribution is -2.22. The average Bonchev–Trinajstić information content (AvgIpc) is 3.15. The summed E-state index contributed by atoms with van der Waals surface area (Å²) in [4.78, 5) is 25.6. The quantitative estimate of drug-likeness (QED) is 0.412. The predicted molar refractivity (Wildman–Crippen MR) is 130 cm³/mol. The molecular weight excluding hydrogens is 510 g/mol. The van der Waals surface area contributed by atoms with Crippen molar-refractivity contribution in [1.29, 1.82) is 0 Å². The van der Waals surface area contributed by atoms with Crippen LogP contribution < -0.4 is 15.5 Å². The number of carbonyl (C=O) groups is 2. The highest BCUT2D eigenvalue weighted by molar-refractivity contribution is 9.10. The molecule has 0 spiro atoms. The van der Waals surface area contributed by atoms with Crippen LogP contribution in [0.3, 0.4) is 0 Å². The van der Waals surface area contributed by atoms with E-state index in [0.29, 0.717) is 56.4 Å². The number of hydrogen-bond donors (Lipinski definition) is 2. The molecule has 170 valence electrons. The van der Waals surface area contributed by atoms with Gasteiger partial charge in [-0.15, -0.1) is 0 Å². The summed E-state index contributed by atoms with van der Waals surface area (Å²) in [6, 6.07) is 12.1. The van der Waals surface area contributed by atoms with Crippen molar-refractivity contribution in [3.63, 3.8) is 0 Å². The number of hydrazone groups is 1. The lowest BCUT2D eigenvalue weighted by Gasteiger charge is -2.13. The molecule has 0 saturated carbocycles. The normalized spacial score (nSPS) is 14.0. The summed E-state index contributed by atoms with van der Waals surface area (Å²) < 4.78 is 11.9. The van der Waals surface area contributed by atoms with E-state index in [4.69, 9.17) is 20.8 Å². The van der Waals surface area contributed by atoms with Gasteiger partial charge in [0.25, 0.3) is 11.8 Å². The van der Waals surface area contributed by atoms with Gasteiger partial charge >= 0.3 is 0 Å². The van der Waals surface area contributed by atoms with Gasteiger partial charge in [0.2, 0.25) is 0 Å². The summed E-state index contributed by atoms with van der Waals surface area (Å²) in [5.74, 6) is 0.608. The summed E-state index contributed by atoms with van der Waals surface area (Å²) in [5, 5.41) is 7.64. The molecule has 0 bridgehead atoms. The molecule has 7 nitrogen and oxygen atoms in total. The number of halogens is 2. The van der Waals surface area contributed by atoms with E-state index in [-0.39, 0.29) is 11.7 Å². The summed E-state index contributed by atoms with van der Waals surface area (Å²) >= 11 is 9.44. The Kier molecular flexibility index (Phi) is 6.85. The van der Waals surface area contributed by atoms with Crippen molar-refractivity contribution in [2.24, 2.45) is 5.10 Å². The van der Waals surface area contributed by atoms with E-state index in [9.17, 15) is 9.59 Å². The zero-order chi connectivity index (χ0) is 23.5. The molecule has 2 N–H and O–H groups in total. The molecule has 0 aliphatic heterocycles. The Bertz CT molecular complexity index is 1270. The van der Waals surface area contributed by atoms with Crippen LogP contribution in [0.2, 0.25) is 5.02 Å². The zero-order valence-corrected chi connectivity index (χ0v) is 20.3. The van der Waals surface area contributed by atoms with E-state index in [2.05, 4.69) is 31.8 Å². The lowest BCUT2D eigenvalue weighted by atomic mass is 9.93. The number of aryl methyl sites for hydroxylation is 1. The fourth-order valence-electron chi connectivity index (χ4n) is 3.78. The first kappa shape index (κ1) is 23.1. The number of rotatable bonds is 5. The molecule has 1 aromatic heterocycles. The van der Waals surface area contributed by atoms with Gasteiger partial charge in [-0.1, -0.05) is 23.7 Å². The Hall–Kier alpha value is -3.10. The fourth-order valence-corrected chi connectivity index (χ4v) is 4.41. The maximum Gasteiger partial charge on any atom is 0.291 e. The van der Waals surface area contributed by atoms with Gasteiger partial charge in [-0.25, -0.2) is 5.43 Å². The third kappa shape index (κ3) is 4.82. The second kappa shape index (κ2) is 9.80. The Labute approximate surface area is 204 Å². The number of amides is 2. The van der Waals surface area contributed by atoms with Crippen molar-refractivity contribution < 1.29 is 18.7 Å². The van der Waals surface area contributed by atoms with Crippen LogP contribution >= 0.6 is 27.5 Å². The minimum atomic E-state index is -0.418. The number of nitrogens with zero attached hydrogens (tertiary/aromatic N) is 1. The number of furan rings is 1. The van der Waals surface area contributed by atoms with Crippen LogP contribution in [0, 0.1) is 6.92 Å². The SMILES string of the molecule is COc1ccc(Cl)cc1NC(=O)c1oc2c(c1C)/C(=N/NC(=O)c1ccccc1Br)CCC2. The Morgan fingerprint density at radius 2 is 1.94 bits per heavy atom. The van der Waals surface area contributed by atoms with Crippen molar-refractivity contribution in [1.82, 2.24) is 5.43 Å². The van der Waals surface area contributed by atoms with Crippen LogP contribution in [0.15, 0.2) is 56.5 Å². The van der Waals surface area contributed by atoms with Gasteiger partial charge < -0.3 is 14.5 Å². The number of anilines is 1. The molecule has 2 amide bonds. The number of benzene rings is 2. The Morgan fingerprint density at radius 1 is 1.15 bits per heavy atom.